The van der Waals surface area contributed by atoms with Crippen LogP contribution in [0.15, 0.2) is 0 Å². The number of nitrogens with one attached hydrogen (secondary N) is 1. The molecular formula is C9H15F3N2OS. The van der Waals surface area contributed by atoms with Crippen molar-refractivity contribution >= 4 is 17.8 Å². The van der Waals surface area contributed by atoms with E-state index in [-0.39, 0.29) is 4.75 Å². The fraction of sp³-hybridized carbons (Fsp3) is 0.889. The third kappa shape index (κ3) is 4.51. The lowest BCUT2D eigenvalue weighted by atomic mass is 10.2. The quantitative estimate of drug-likeness (QED) is 0.779. The Labute approximate surface area is 96.7 Å². The largest absolute Gasteiger partial charge is 0.405 e. The monoisotopic (exact) mass is 256 g/mol. The number of thioether (sulfide) groups is 1. The lowest BCUT2D eigenvalue weighted by molar-refractivity contribution is -0.123. The molecule has 16 heavy (non-hydrogen) atoms. The summed E-state index contributed by atoms with van der Waals surface area (Å²) in [4.78, 5) is 12.9. The predicted molar refractivity (Wildman–Crippen MR) is 57.6 cm³/mol. The second kappa shape index (κ2) is 4.73. The summed E-state index contributed by atoms with van der Waals surface area (Å²) in [6.45, 7) is 3.65. The van der Waals surface area contributed by atoms with E-state index < -0.39 is 18.8 Å². The molecule has 2 amide bonds. The summed E-state index contributed by atoms with van der Waals surface area (Å²) in [5.74, 6) is 0.756. The molecule has 0 aromatic heterocycles. The Morgan fingerprint density at radius 3 is 2.62 bits per heavy atom. The van der Waals surface area contributed by atoms with Crippen LogP contribution < -0.4 is 5.32 Å². The highest BCUT2D eigenvalue weighted by molar-refractivity contribution is 8.00. The molecule has 0 unspecified atom stereocenters. The highest BCUT2D eigenvalue weighted by Crippen LogP contribution is 2.29. The number of hydrogen-bond acceptors (Lipinski definition) is 2. The second-order valence-corrected chi connectivity index (χ2v) is 6.11. The van der Waals surface area contributed by atoms with Gasteiger partial charge < -0.3 is 10.2 Å². The van der Waals surface area contributed by atoms with Gasteiger partial charge in [-0.05, 0) is 13.8 Å². The average molecular weight is 256 g/mol. The minimum Gasteiger partial charge on any atom is -0.329 e. The van der Waals surface area contributed by atoms with E-state index in [1.807, 2.05) is 19.2 Å². The molecule has 94 valence electrons. The molecule has 0 bridgehead atoms. The Kier molecular flexibility index (Phi) is 3.98. The first-order chi connectivity index (χ1) is 7.20. The zero-order valence-corrected chi connectivity index (χ0v) is 10.0. The summed E-state index contributed by atoms with van der Waals surface area (Å²) >= 11 is 1.72. The van der Waals surface area contributed by atoms with Crippen LogP contribution in [-0.4, -0.2) is 47.2 Å². The van der Waals surface area contributed by atoms with Crippen molar-refractivity contribution in [3.63, 3.8) is 0 Å². The molecule has 0 aromatic rings. The van der Waals surface area contributed by atoms with E-state index in [2.05, 4.69) is 0 Å². The number of hydrogen-bond donors (Lipinski definition) is 1. The van der Waals surface area contributed by atoms with Crippen molar-refractivity contribution in [2.24, 2.45) is 0 Å². The maximum absolute atomic E-state index is 11.9. The van der Waals surface area contributed by atoms with Crippen LogP contribution in [0.3, 0.4) is 0 Å². The number of rotatable bonds is 1. The lowest BCUT2D eigenvalue weighted by Crippen LogP contribution is -2.51. The van der Waals surface area contributed by atoms with E-state index in [4.69, 9.17) is 0 Å². The van der Waals surface area contributed by atoms with Crippen LogP contribution in [0.5, 0.6) is 0 Å². The van der Waals surface area contributed by atoms with E-state index in [0.717, 1.165) is 5.75 Å². The van der Waals surface area contributed by atoms with Gasteiger partial charge in [-0.25, -0.2) is 4.79 Å². The van der Waals surface area contributed by atoms with E-state index >= 15 is 0 Å². The average Bonchev–Trinajstić information content (AvgIpc) is 2.11. The number of halogens is 3. The van der Waals surface area contributed by atoms with Crippen LogP contribution in [0, 0.1) is 0 Å². The van der Waals surface area contributed by atoms with Gasteiger partial charge in [-0.2, -0.15) is 24.9 Å². The highest BCUT2D eigenvalue weighted by Gasteiger charge is 2.32. The molecule has 1 saturated heterocycles. The molecule has 1 N–H and O–H groups in total. The number of alkyl halides is 3. The van der Waals surface area contributed by atoms with Crippen LogP contribution in [-0.2, 0) is 0 Å². The van der Waals surface area contributed by atoms with Gasteiger partial charge in [0.15, 0.2) is 0 Å². The first kappa shape index (κ1) is 13.5. The van der Waals surface area contributed by atoms with Crippen molar-refractivity contribution in [3.8, 4) is 0 Å². The summed E-state index contributed by atoms with van der Waals surface area (Å²) < 4.78 is 35.6. The van der Waals surface area contributed by atoms with Gasteiger partial charge in [-0.3, -0.25) is 0 Å². The van der Waals surface area contributed by atoms with Crippen LogP contribution in [0.1, 0.15) is 13.8 Å². The van der Waals surface area contributed by atoms with E-state index in [0.29, 0.717) is 13.1 Å². The summed E-state index contributed by atoms with van der Waals surface area (Å²) in [5.41, 5.74) is 0. The molecule has 1 aliphatic rings. The zero-order valence-electron chi connectivity index (χ0n) is 9.23. The third-order valence-electron chi connectivity index (χ3n) is 2.15. The standard InChI is InChI=1S/C9H15F3N2OS/c1-8(2)6-14(3-4-16-8)7(15)13-5-9(10,11)12/h3-6H2,1-2H3,(H,13,15). The molecule has 1 fully saturated rings. The minimum atomic E-state index is -4.35. The Hall–Kier alpha value is -0.590. The number of urea groups is 1. The SMILES string of the molecule is CC1(C)CN(C(=O)NCC(F)(F)F)CCS1. The van der Waals surface area contributed by atoms with Crippen molar-refractivity contribution in [2.75, 3.05) is 25.4 Å². The molecule has 0 atom stereocenters. The first-order valence-electron chi connectivity index (χ1n) is 4.93. The highest BCUT2D eigenvalue weighted by atomic mass is 32.2. The van der Waals surface area contributed by atoms with Crippen molar-refractivity contribution in [1.29, 1.82) is 0 Å². The van der Waals surface area contributed by atoms with Gasteiger partial charge in [0, 0.05) is 23.6 Å². The predicted octanol–water partition coefficient (Wildman–Crippen LogP) is 2.09. The Morgan fingerprint density at radius 1 is 1.50 bits per heavy atom. The number of carbonyl (C=O) groups is 1. The minimum absolute atomic E-state index is 0.0895. The molecule has 0 aromatic carbocycles. The van der Waals surface area contributed by atoms with Gasteiger partial charge in [0.2, 0.25) is 0 Å². The van der Waals surface area contributed by atoms with Gasteiger partial charge in [0.1, 0.15) is 6.54 Å². The van der Waals surface area contributed by atoms with Gasteiger partial charge in [0.25, 0.3) is 0 Å². The molecule has 1 heterocycles. The van der Waals surface area contributed by atoms with Crippen molar-refractivity contribution in [2.45, 2.75) is 24.8 Å². The number of nitrogens with zero attached hydrogens (tertiary/aromatic N) is 1. The summed E-state index contributed by atoms with van der Waals surface area (Å²) in [6, 6.07) is -0.634. The van der Waals surface area contributed by atoms with Crippen molar-refractivity contribution in [3.05, 3.63) is 0 Å². The molecule has 0 aliphatic carbocycles. The van der Waals surface area contributed by atoms with Gasteiger partial charge in [-0.15, -0.1) is 0 Å². The molecule has 0 saturated carbocycles. The smallest absolute Gasteiger partial charge is 0.329 e. The first-order valence-corrected chi connectivity index (χ1v) is 5.92. The maximum atomic E-state index is 11.9. The molecular weight excluding hydrogens is 241 g/mol. The lowest BCUT2D eigenvalue weighted by Gasteiger charge is -2.37. The molecule has 1 rings (SSSR count). The van der Waals surface area contributed by atoms with E-state index in [1.54, 1.807) is 11.8 Å². The fourth-order valence-corrected chi connectivity index (χ4v) is 2.59. The molecule has 7 heteroatoms. The van der Waals surface area contributed by atoms with Crippen molar-refractivity contribution in [1.82, 2.24) is 10.2 Å². The Bertz CT molecular complexity index is 268. The van der Waals surface area contributed by atoms with Gasteiger partial charge in [-0.1, -0.05) is 0 Å². The zero-order chi connectivity index (χ0) is 12.4. The van der Waals surface area contributed by atoms with Gasteiger partial charge in [0.05, 0.1) is 0 Å². The Morgan fingerprint density at radius 2 is 2.12 bits per heavy atom. The molecule has 0 spiro atoms. The fourth-order valence-electron chi connectivity index (χ4n) is 1.48. The third-order valence-corrected chi connectivity index (χ3v) is 3.45. The van der Waals surface area contributed by atoms with Crippen LogP contribution in [0.2, 0.25) is 0 Å². The topological polar surface area (TPSA) is 32.3 Å². The van der Waals surface area contributed by atoms with E-state index in [1.165, 1.54) is 4.90 Å². The maximum Gasteiger partial charge on any atom is 0.405 e. The molecule has 1 aliphatic heterocycles. The van der Waals surface area contributed by atoms with Crippen LogP contribution >= 0.6 is 11.8 Å². The number of carbonyl (C=O) groups excluding carboxylic acids is 1. The summed E-state index contributed by atoms with van der Waals surface area (Å²) in [6.07, 6.45) is -4.35. The Balaban J connectivity index is 2.42. The summed E-state index contributed by atoms with van der Waals surface area (Å²) in [7, 11) is 0. The molecule has 3 nitrogen and oxygen atoms in total. The van der Waals surface area contributed by atoms with E-state index in [9.17, 15) is 18.0 Å². The van der Waals surface area contributed by atoms with Crippen LogP contribution in [0.25, 0.3) is 0 Å². The normalized spacial score (nSPS) is 20.7. The van der Waals surface area contributed by atoms with Crippen LogP contribution in [0.4, 0.5) is 18.0 Å². The van der Waals surface area contributed by atoms with Crippen molar-refractivity contribution < 1.29 is 18.0 Å². The van der Waals surface area contributed by atoms with Gasteiger partial charge >= 0.3 is 12.2 Å². The number of amides is 2. The second-order valence-electron chi connectivity index (χ2n) is 4.30. The molecule has 0 radical (unpaired) electrons. The summed E-state index contributed by atoms with van der Waals surface area (Å²) in [5, 5.41) is 1.88.